The lowest BCUT2D eigenvalue weighted by Gasteiger charge is -2.06. The van der Waals surface area contributed by atoms with Crippen LogP contribution in [0, 0.1) is 10.1 Å². The first-order valence-corrected chi connectivity index (χ1v) is 7.89. The number of benzene rings is 1. The summed E-state index contributed by atoms with van der Waals surface area (Å²) in [4.78, 5) is 23.3. The molecule has 8 heteroatoms. The summed E-state index contributed by atoms with van der Waals surface area (Å²) >= 11 is 7.96. The number of nitro groups is 1. The molecule has 104 valence electrons. The van der Waals surface area contributed by atoms with Gasteiger partial charge in [-0.15, -0.1) is 11.3 Å². The molecule has 0 fully saturated rings. The average molecular weight is 420 g/mol. The Kier molecular flexibility index (Phi) is 4.90. The molecular weight excluding hydrogens is 412 g/mol. The van der Waals surface area contributed by atoms with Crippen LogP contribution in [0.5, 0.6) is 0 Å². The van der Waals surface area contributed by atoms with Crippen molar-refractivity contribution in [3.05, 3.63) is 59.1 Å². The van der Waals surface area contributed by atoms with E-state index in [1.165, 1.54) is 29.5 Å². The Morgan fingerprint density at radius 1 is 1.40 bits per heavy atom. The minimum atomic E-state index is -0.531. The predicted molar refractivity (Wildman–Crippen MR) is 84.0 cm³/mol. The molecule has 0 radical (unpaired) electrons. The largest absolute Gasteiger partial charge is 0.347 e. The van der Waals surface area contributed by atoms with Crippen molar-refractivity contribution in [1.29, 1.82) is 0 Å². The Hall–Kier alpha value is -1.25. The van der Waals surface area contributed by atoms with Gasteiger partial charge in [-0.25, -0.2) is 0 Å². The molecular formula is C12H8Br2N2O3S. The van der Waals surface area contributed by atoms with Crippen LogP contribution < -0.4 is 5.32 Å². The van der Waals surface area contributed by atoms with E-state index in [0.29, 0.717) is 6.54 Å². The van der Waals surface area contributed by atoms with Crippen LogP contribution in [-0.4, -0.2) is 10.8 Å². The van der Waals surface area contributed by atoms with Crippen LogP contribution in [0.2, 0.25) is 0 Å². The summed E-state index contributed by atoms with van der Waals surface area (Å²) in [7, 11) is 0. The smallest absolute Gasteiger partial charge is 0.284 e. The molecule has 2 aromatic rings. The molecule has 1 N–H and O–H groups in total. The zero-order chi connectivity index (χ0) is 14.7. The van der Waals surface area contributed by atoms with Gasteiger partial charge in [0.05, 0.1) is 17.0 Å². The minimum absolute atomic E-state index is 0.128. The Bertz CT molecular complexity index is 672. The van der Waals surface area contributed by atoms with Crippen molar-refractivity contribution in [2.45, 2.75) is 6.54 Å². The number of hydrogen-bond donors (Lipinski definition) is 1. The number of nitrogens with one attached hydrogen (secondary N) is 1. The summed E-state index contributed by atoms with van der Waals surface area (Å²) in [6.07, 6.45) is 0. The highest BCUT2D eigenvalue weighted by Crippen LogP contribution is 2.28. The molecule has 0 aliphatic heterocycles. The number of nitrogens with zero attached hydrogens (tertiary/aromatic N) is 1. The number of carbonyl (C=O) groups excluding carboxylic acids is 1. The van der Waals surface area contributed by atoms with Crippen LogP contribution in [0.15, 0.2) is 38.6 Å². The fourth-order valence-corrected chi connectivity index (χ4v) is 3.53. The highest BCUT2D eigenvalue weighted by Gasteiger charge is 2.19. The van der Waals surface area contributed by atoms with Crippen LogP contribution in [0.4, 0.5) is 5.69 Å². The van der Waals surface area contributed by atoms with Gasteiger partial charge in [0.1, 0.15) is 4.47 Å². The fourth-order valence-electron chi connectivity index (χ4n) is 1.55. The number of halogens is 2. The maximum Gasteiger partial charge on any atom is 0.284 e. The minimum Gasteiger partial charge on any atom is -0.347 e. The molecule has 0 bridgehead atoms. The second kappa shape index (κ2) is 6.47. The van der Waals surface area contributed by atoms with Crippen molar-refractivity contribution in [1.82, 2.24) is 5.32 Å². The van der Waals surface area contributed by atoms with Crippen molar-refractivity contribution in [2.24, 2.45) is 0 Å². The third-order valence-corrected chi connectivity index (χ3v) is 5.00. The van der Waals surface area contributed by atoms with Crippen LogP contribution >= 0.6 is 43.2 Å². The molecule has 0 atom stereocenters. The van der Waals surface area contributed by atoms with Gasteiger partial charge in [-0.1, -0.05) is 6.07 Å². The van der Waals surface area contributed by atoms with E-state index in [1.807, 2.05) is 11.4 Å². The van der Waals surface area contributed by atoms with Gasteiger partial charge in [0.25, 0.3) is 11.6 Å². The molecule has 1 amide bonds. The van der Waals surface area contributed by atoms with E-state index in [2.05, 4.69) is 37.2 Å². The molecule has 1 aromatic carbocycles. The lowest BCUT2D eigenvalue weighted by Crippen LogP contribution is -2.22. The van der Waals surface area contributed by atoms with E-state index in [0.717, 1.165) is 9.35 Å². The summed E-state index contributed by atoms with van der Waals surface area (Å²) in [5, 5.41) is 15.5. The van der Waals surface area contributed by atoms with Crippen molar-refractivity contribution in [3.63, 3.8) is 0 Å². The number of rotatable bonds is 4. The number of amides is 1. The Balaban J connectivity index is 2.13. The monoisotopic (exact) mass is 418 g/mol. The quantitative estimate of drug-likeness (QED) is 0.598. The lowest BCUT2D eigenvalue weighted by molar-refractivity contribution is -0.385. The van der Waals surface area contributed by atoms with E-state index >= 15 is 0 Å². The molecule has 20 heavy (non-hydrogen) atoms. The Labute approximate surface area is 135 Å². The Morgan fingerprint density at radius 3 is 2.75 bits per heavy atom. The first-order valence-electron chi connectivity index (χ1n) is 5.43. The zero-order valence-corrected chi connectivity index (χ0v) is 13.9. The summed E-state index contributed by atoms with van der Waals surface area (Å²) < 4.78 is 1.15. The van der Waals surface area contributed by atoms with Crippen LogP contribution in [0.3, 0.4) is 0 Å². The third kappa shape index (κ3) is 3.44. The van der Waals surface area contributed by atoms with Crippen molar-refractivity contribution < 1.29 is 9.72 Å². The molecule has 0 aliphatic rings. The van der Waals surface area contributed by atoms with E-state index in [9.17, 15) is 14.9 Å². The van der Waals surface area contributed by atoms with E-state index in [1.54, 1.807) is 0 Å². The van der Waals surface area contributed by atoms with Crippen LogP contribution in [-0.2, 0) is 6.54 Å². The van der Waals surface area contributed by atoms with E-state index in [4.69, 9.17) is 0 Å². The number of thiophene rings is 1. The summed E-state index contributed by atoms with van der Waals surface area (Å²) in [5.41, 5.74) is 0.117. The lowest BCUT2D eigenvalue weighted by atomic mass is 10.2. The molecule has 2 rings (SSSR count). The SMILES string of the molecule is O=C(NCc1cc(Br)cs1)c1cccc([N+](=O)[O-])c1Br. The van der Waals surface area contributed by atoms with Crippen molar-refractivity contribution in [2.75, 3.05) is 0 Å². The average Bonchev–Trinajstić information content (AvgIpc) is 2.81. The molecule has 0 spiro atoms. The first-order chi connectivity index (χ1) is 9.49. The topological polar surface area (TPSA) is 72.2 Å². The van der Waals surface area contributed by atoms with Gasteiger partial charge in [-0.3, -0.25) is 14.9 Å². The molecule has 0 saturated heterocycles. The zero-order valence-electron chi connectivity index (χ0n) is 9.93. The van der Waals surface area contributed by atoms with Gasteiger partial charge < -0.3 is 5.32 Å². The van der Waals surface area contributed by atoms with Crippen molar-refractivity contribution in [3.8, 4) is 0 Å². The molecule has 5 nitrogen and oxygen atoms in total. The van der Waals surface area contributed by atoms with Gasteiger partial charge in [0.15, 0.2) is 0 Å². The highest BCUT2D eigenvalue weighted by atomic mass is 79.9. The predicted octanol–water partition coefficient (Wildman–Crippen LogP) is 4.11. The molecule has 0 unspecified atom stereocenters. The third-order valence-electron chi connectivity index (χ3n) is 2.46. The second-order valence-corrected chi connectivity index (χ2v) is 6.51. The summed E-state index contributed by atoms with van der Waals surface area (Å²) in [6.45, 7) is 0.379. The van der Waals surface area contributed by atoms with Gasteiger partial charge in [-0.05, 0) is 44.0 Å². The summed E-state index contributed by atoms with van der Waals surface area (Å²) in [6, 6.07) is 6.28. The van der Waals surface area contributed by atoms with Crippen LogP contribution in [0.25, 0.3) is 0 Å². The molecule has 0 saturated carbocycles. The van der Waals surface area contributed by atoms with Gasteiger partial charge in [0, 0.05) is 20.8 Å². The van der Waals surface area contributed by atoms with E-state index in [-0.39, 0.29) is 21.6 Å². The van der Waals surface area contributed by atoms with Gasteiger partial charge in [0.2, 0.25) is 0 Å². The Morgan fingerprint density at radius 2 is 2.15 bits per heavy atom. The highest BCUT2D eigenvalue weighted by molar-refractivity contribution is 9.11. The number of hydrogen-bond acceptors (Lipinski definition) is 4. The van der Waals surface area contributed by atoms with Gasteiger partial charge in [-0.2, -0.15) is 0 Å². The molecule has 0 aliphatic carbocycles. The second-order valence-electron chi connectivity index (χ2n) is 3.81. The standard InChI is InChI=1S/C12H8Br2N2O3S/c13-7-4-8(20-6-7)5-15-12(17)9-2-1-3-10(11(9)14)16(18)19/h1-4,6H,5H2,(H,15,17). The fraction of sp³-hybridized carbons (Fsp3) is 0.0833. The maximum atomic E-state index is 12.0. The van der Waals surface area contributed by atoms with Gasteiger partial charge >= 0.3 is 0 Å². The number of carbonyl (C=O) groups is 1. The first kappa shape index (κ1) is 15.1. The van der Waals surface area contributed by atoms with E-state index < -0.39 is 4.92 Å². The maximum absolute atomic E-state index is 12.0. The summed E-state index contributed by atoms with van der Waals surface area (Å²) in [5.74, 6) is -0.356. The molecule has 1 heterocycles. The molecule has 1 aromatic heterocycles. The van der Waals surface area contributed by atoms with Crippen molar-refractivity contribution >= 4 is 54.8 Å². The number of nitro benzene ring substituents is 1. The van der Waals surface area contributed by atoms with Crippen LogP contribution in [0.1, 0.15) is 15.2 Å². The normalized spacial score (nSPS) is 10.3.